The average Bonchev–Trinajstić information content (AvgIpc) is 2.91. The highest BCUT2D eigenvalue weighted by Gasteiger charge is 2.29. The number of hydrogen-bond donors (Lipinski definition) is 1. The molecule has 1 N–H and O–H groups in total. The molecule has 2 aliphatic heterocycles. The molecule has 3 heterocycles. The Hall–Kier alpha value is -3.25. The van der Waals surface area contributed by atoms with Crippen molar-refractivity contribution in [1.29, 1.82) is 0 Å². The second-order valence-electron chi connectivity index (χ2n) is 9.47. The number of nitrogens with one attached hydrogen (secondary N) is 1. The number of anilines is 1. The zero-order chi connectivity index (χ0) is 23.2. The number of rotatable bonds is 6. The van der Waals surface area contributed by atoms with Crippen LogP contribution < -0.4 is 10.2 Å². The van der Waals surface area contributed by atoms with Crippen LogP contribution in [-0.4, -0.2) is 53.0 Å². The third kappa shape index (κ3) is 5.62. The summed E-state index contributed by atoms with van der Waals surface area (Å²) in [6.45, 7) is 4.62. The van der Waals surface area contributed by atoms with Gasteiger partial charge >= 0.3 is 0 Å². The fourth-order valence-corrected chi connectivity index (χ4v) is 5.03. The number of carbonyl (C=O) groups excluding carboxylic acids is 1. The van der Waals surface area contributed by atoms with Gasteiger partial charge in [-0.05, 0) is 36.8 Å². The molecule has 0 aliphatic carbocycles. The van der Waals surface area contributed by atoms with Crippen LogP contribution in [0.5, 0.6) is 0 Å². The van der Waals surface area contributed by atoms with Gasteiger partial charge in [-0.3, -0.25) is 9.69 Å². The molecule has 2 aliphatic rings. The van der Waals surface area contributed by atoms with Gasteiger partial charge in [0.05, 0.1) is 5.92 Å². The smallest absolute Gasteiger partial charge is 0.225 e. The molecule has 1 unspecified atom stereocenters. The van der Waals surface area contributed by atoms with Crippen molar-refractivity contribution in [1.82, 2.24) is 20.2 Å². The minimum atomic E-state index is -0.00602. The molecule has 2 saturated heterocycles. The molecule has 0 radical (unpaired) electrons. The summed E-state index contributed by atoms with van der Waals surface area (Å²) < 4.78 is 0. The topological polar surface area (TPSA) is 61.4 Å². The zero-order valence-electron chi connectivity index (χ0n) is 19.6. The van der Waals surface area contributed by atoms with E-state index in [1.807, 2.05) is 30.6 Å². The van der Waals surface area contributed by atoms with Gasteiger partial charge in [0.1, 0.15) is 0 Å². The fraction of sp³-hybridized carbons (Fsp3) is 0.393. The van der Waals surface area contributed by atoms with E-state index in [0.717, 1.165) is 63.0 Å². The Balaban J connectivity index is 1.11. The van der Waals surface area contributed by atoms with Crippen LogP contribution >= 0.6 is 0 Å². The average molecular weight is 456 g/mol. The van der Waals surface area contributed by atoms with E-state index in [-0.39, 0.29) is 17.9 Å². The first kappa shape index (κ1) is 22.5. The predicted octanol–water partition coefficient (Wildman–Crippen LogP) is 4.14. The third-order valence-electron chi connectivity index (χ3n) is 7.00. The predicted molar refractivity (Wildman–Crippen MR) is 135 cm³/mol. The third-order valence-corrected chi connectivity index (χ3v) is 7.00. The Morgan fingerprint density at radius 1 is 0.853 bits per heavy atom. The van der Waals surface area contributed by atoms with Crippen LogP contribution in [0.1, 0.15) is 31.2 Å². The van der Waals surface area contributed by atoms with E-state index in [1.165, 1.54) is 5.56 Å². The van der Waals surface area contributed by atoms with E-state index in [4.69, 9.17) is 0 Å². The summed E-state index contributed by atoms with van der Waals surface area (Å²) in [5.41, 5.74) is 3.47. The van der Waals surface area contributed by atoms with Crippen LogP contribution in [0.15, 0.2) is 73.1 Å². The normalized spacial score (nSPS) is 19.6. The van der Waals surface area contributed by atoms with Crippen molar-refractivity contribution in [3.63, 3.8) is 0 Å². The number of aromatic nitrogens is 2. The van der Waals surface area contributed by atoms with Crippen molar-refractivity contribution >= 4 is 11.9 Å². The number of nitrogens with zero attached hydrogens (tertiary/aromatic N) is 4. The van der Waals surface area contributed by atoms with E-state index >= 15 is 0 Å². The zero-order valence-corrected chi connectivity index (χ0v) is 19.6. The summed E-state index contributed by atoms with van der Waals surface area (Å²) in [4.78, 5) is 26.9. The minimum Gasteiger partial charge on any atom is -0.353 e. The number of likely N-dealkylation sites (tertiary alicyclic amines) is 1. The first-order chi connectivity index (χ1) is 16.7. The van der Waals surface area contributed by atoms with Crippen molar-refractivity contribution in [3.05, 3.63) is 78.6 Å². The molecule has 176 valence electrons. The van der Waals surface area contributed by atoms with Crippen LogP contribution in [-0.2, 0) is 11.3 Å². The van der Waals surface area contributed by atoms with Crippen molar-refractivity contribution in [2.75, 3.05) is 31.1 Å². The molecule has 3 aromatic rings. The van der Waals surface area contributed by atoms with Crippen LogP contribution in [0.3, 0.4) is 0 Å². The summed E-state index contributed by atoms with van der Waals surface area (Å²) in [5, 5.41) is 3.34. The lowest BCUT2D eigenvalue weighted by Crippen LogP contribution is -2.49. The molecule has 0 spiro atoms. The molecule has 2 aromatic carbocycles. The van der Waals surface area contributed by atoms with Gasteiger partial charge in [-0.25, -0.2) is 9.97 Å². The lowest BCUT2D eigenvalue weighted by atomic mass is 9.96. The maximum Gasteiger partial charge on any atom is 0.225 e. The second kappa shape index (κ2) is 10.8. The van der Waals surface area contributed by atoms with Gasteiger partial charge in [0.25, 0.3) is 0 Å². The SMILES string of the molecule is O=C(NC1CCN(Cc2ccccc2)CC1)C1CCCN(c2ncc(-c3ccccc3)cn2)C1. The van der Waals surface area contributed by atoms with Crippen LogP contribution in [0, 0.1) is 5.92 Å². The summed E-state index contributed by atoms with van der Waals surface area (Å²) in [7, 11) is 0. The summed E-state index contributed by atoms with van der Waals surface area (Å²) in [6, 6.07) is 21.1. The van der Waals surface area contributed by atoms with Gasteiger partial charge in [-0.2, -0.15) is 0 Å². The minimum absolute atomic E-state index is 0.00602. The quantitative estimate of drug-likeness (QED) is 0.605. The largest absolute Gasteiger partial charge is 0.353 e. The molecule has 34 heavy (non-hydrogen) atoms. The number of carbonyl (C=O) groups is 1. The molecule has 6 nitrogen and oxygen atoms in total. The number of benzene rings is 2. The maximum atomic E-state index is 13.1. The first-order valence-electron chi connectivity index (χ1n) is 12.4. The van der Waals surface area contributed by atoms with Crippen LogP contribution in [0.4, 0.5) is 5.95 Å². The lowest BCUT2D eigenvalue weighted by Gasteiger charge is -2.35. The first-order valence-corrected chi connectivity index (χ1v) is 12.4. The fourth-order valence-electron chi connectivity index (χ4n) is 5.03. The van der Waals surface area contributed by atoms with Gasteiger partial charge in [0.15, 0.2) is 0 Å². The van der Waals surface area contributed by atoms with Crippen molar-refractivity contribution in [2.24, 2.45) is 5.92 Å². The molecule has 2 fully saturated rings. The van der Waals surface area contributed by atoms with Gasteiger partial charge in [0, 0.05) is 56.7 Å². The molecule has 5 rings (SSSR count). The summed E-state index contributed by atoms with van der Waals surface area (Å²) in [5.74, 6) is 0.895. The Bertz CT molecular complexity index is 1050. The van der Waals surface area contributed by atoms with E-state index in [0.29, 0.717) is 12.5 Å². The molecule has 1 amide bonds. The molecule has 1 atom stereocenters. The highest BCUT2D eigenvalue weighted by molar-refractivity contribution is 5.79. The van der Waals surface area contributed by atoms with Gasteiger partial charge < -0.3 is 10.2 Å². The van der Waals surface area contributed by atoms with E-state index in [1.54, 1.807) is 0 Å². The van der Waals surface area contributed by atoms with Gasteiger partial charge in [-0.15, -0.1) is 0 Å². The van der Waals surface area contributed by atoms with Crippen LogP contribution in [0.2, 0.25) is 0 Å². The van der Waals surface area contributed by atoms with Gasteiger partial charge in [0.2, 0.25) is 11.9 Å². The van der Waals surface area contributed by atoms with E-state index in [2.05, 4.69) is 67.5 Å². The molecule has 6 heteroatoms. The van der Waals surface area contributed by atoms with Crippen molar-refractivity contribution < 1.29 is 4.79 Å². The Morgan fingerprint density at radius 3 is 2.24 bits per heavy atom. The molecule has 1 aromatic heterocycles. The molecule has 0 bridgehead atoms. The van der Waals surface area contributed by atoms with E-state index in [9.17, 15) is 4.79 Å². The van der Waals surface area contributed by atoms with E-state index < -0.39 is 0 Å². The monoisotopic (exact) mass is 455 g/mol. The number of amides is 1. The van der Waals surface area contributed by atoms with Crippen molar-refractivity contribution in [2.45, 2.75) is 38.3 Å². The standard InChI is InChI=1S/C28H33N5O/c34-27(31-26-13-16-32(17-14-26)20-22-8-3-1-4-9-22)24-12-7-15-33(21-24)28-29-18-25(19-30-28)23-10-5-2-6-11-23/h1-6,8-11,18-19,24,26H,7,12-17,20-21H2,(H,31,34). The number of hydrogen-bond acceptors (Lipinski definition) is 5. The van der Waals surface area contributed by atoms with Gasteiger partial charge in [-0.1, -0.05) is 60.7 Å². The lowest BCUT2D eigenvalue weighted by molar-refractivity contribution is -0.126. The Kier molecular flexibility index (Phi) is 7.15. The highest BCUT2D eigenvalue weighted by atomic mass is 16.2. The second-order valence-corrected chi connectivity index (χ2v) is 9.47. The number of piperidine rings is 2. The Morgan fingerprint density at radius 2 is 1.53 bits per heavy atom. The van der Waals surface area contributed by atoms with Crippen molar-refractivity contribution in [3.8, 4) is 11.1 Å². The maximum absolute atomic E-state index is 13.1. The summed E-state index contributed by atoms with van der Waals surface area (Å²) in [6.07, 6.45) is 7.70. The van der Waals surface area contributed by atoms with Crippen LogP contribution in [0.25, 0.3) is 11.1 Å². The molecule has 0 saturated carbocycles. The molecular formula is C28H33N5O. The molecular weight excluding hydrogens is 422 g/mol. The summed E-state index contributed by atoms with van der Waals surface area (Å²) >= 11 is 0. The Labute approximate surface area is 202 Å². The highest BCUT2D eigenvalue weighted by Crippen LogP contribution is 2.23.